The van der Waals surface area contributed by atoms with Gasteiger partial charge in [0, 0.05) is 13.7 Å². The minimum absolute atomic E-state index is 0.219. The molecule has 1 atom stereocenters. The lowest BCUT2D eigenvalue weighted by molar-refractivity contribution is 0.0677. The molecule has 1 unspecified atom stereocenters. The summed E-state index contributed by atoms with van der Waals surface area (Å²) in [6.07, 6.45) is 2.42. The summed E-state index contributed by atoms with van der Waals surface area (Å²) in [6.45, 7) is 2.51. The van der Waals surface area contributed by atoms with Crippen LogP contribution in [0.2, 0.25) is 0 Å². The number of methoxy groups -OCH3 is 1. The fraction of sp³-hybridized carbons (Fsp3) is 0.571. The van der Waals surface area contributed by atoms with Crippen LogP contribution in [0, 0.1) is 6.07 Å². The highest BCUT2D eigenvalue weighted by Crippen LogP contribution is 2.20. The molecule has 0 spiro atoms. The van der Waals surface area contributed by atoms with Crippen molar-refractivity contribution >= 4 is 0 Å². The van der Waals surface area contributed by atoms with Gasteiger partial charge in [0.1, 0.15) is 24.7 Å². The van der Waals surface area contributed by atoms with Gasteiger partial charge in [-0.05, 0) is 25.0 Å². The SMILES string of the molecule is COCCOc1[c]c(OCC2CCCO2)ccc1. The third-order valence-electron chi connectivity index (χ3n) is 2.74. The first kappa shape index (κ1) is 13.2. The molecule has 4 heteroatoms. The van der Waals surface area contributed by atoms with Gasteiger partial charge in [-0.15, -0.1) is 0 Å². The summed E-state index contributed by atoms with van der Waals surface area (Å²) in [5.41, 5.74) is 0. The molecule has 1 aliphatic rings. The predicted octanol–water partition coefficient (Wildman–Crippen LogP) is 2.07. The highest BCUT2D eigenvalue weighted by molar-refractivity contribution is 5.31. The van der Waals surface area contributed by atoms with Gasteiger partial charge in [-0.3, -0.25) is 0 Å². The zero-order chi connectivity index (χ0) is 12.6. The summed E-state index contributed by atoms with van der Waals surface area (Å²) in [5, 5.41) is 0. The molecule has 0 amide bonds. The second kappa shape index (κ2) is 7.24. The van der Waals surface area contributed by atoms with Crippen molar-refractivity contribution in [2.45, 2.75) is 18.9 Å². The number of rotatable bonds is 7. The molecule has 0 aliphatic carbocycles. The molecule has 1 radical (unpaired) electrons. The Labute approximate surface area is 108 Å². The maximum absolute atomic E-state index is 5.65. The topological polar surface area (TPSA) is 36.9 Å². The van der Waals surface area contributed by atoms with Crippen molar-refractivity contribution in [3.05, 3.63) is 24.3 Å². The molecule has 0 N–H and O–H groups in total. The Kier molecular flexibility index (Phi) is 5.30. The molecule has 1 saturated heterocycles. The van der Waals surface area contributed by atoms with E-state index in [2.05, 4.69) is 6.07 Å². The zero-order valence-electron chi connectivity index (χ0n) is 10.7. The first-order valence-electron chi connectivity index (χ1n) is 6.27. The van der Waals surface area contributed by atoms with E-state index in [0.29, 0.717) is 31.3 Å². The number of hydrogen-bond donors (Lipinski definition) is 0. The molecular formula is C14H19O4. The van der Waals surface area contributed by atoms with Crippen molar-refractivity contribution in [2.24, 2.45) is 0 Å². The maximum Gasteiger partial charge on any atom is 0.131 e. The van der Waals surface area contributed by atoms with Gasteiger partial charge in [-0.2, -0.15) is 0 Å². The quantitative estimate of drug-likeness (QED) is 0.695. The molecule has 0 saturated carbocycles. The van der Waals surface area contributed by atoms with Crippen LogP contribution >= 0.6 is 0 Å². The van der Waals surface area contributed by atoms with Crippen LogP contribution in [0.25, 0.3) is 0 Å². The summed E-state index contributed by atoms with van der Waals surface area (Å²) in [7, 11) is 1.65. The molecule has 1 fully saturated rings. The summed E-state index contributed by atoms with van der Waals surface area (Å²) in [6, 6.07) is 8.69. The van der Waals surface area contributed by atoms with Crippen LogP contribution in [-0.2, 0) is 9.47 Å². The first-order valence-corrected chi connectivity index (χ1v) is 6.27. The van der Waals surface area contributed by atoms with Gasteiger partial charge in [0.25, 0.3) is 0 Å². The third kappa shape index (κ3) is 4.20. The summed E-state index contributed by atoms with van der Waals surface area (Å²) >= 11 is 0. The van der Waals surface area contributed by atoms with Crippen LogP contribution in [0.4, 0.5) is 0 Å². The molecule has 2 rings (SSSR count). The number of benzene rings is 1. The van der Waals surface area contributed by atoms with Gasteiger partial charge in [-0.1, -0.05) is 6.07 Å². The van der Waals surface area contributed by atoms with E-state index in [0.717, 1.165) is 19.4 Å². The molecule has 1 aromatic rings. The second-order valence-corrected chi connectivity index (χ2v) is 4.17. The summed E-state index contributed by atoms with van der Waals surface area (Å²) in [5.74, 6) is 1.37. The van der Waals surface area contributed by atoms with Crippen LogP contribution in [0.1, 0.15) is 12.8 Å². The Bertz CT molecular complexity index is 347. The van der Waals surface area contributed by atoms with Crippen LogP contribution < -0.4 is 9.47 Å². The van der Waals surface area contributed by atoms with Gasteiger partial charge in [-0.25, -0.2) is 0 Å². The second-order valence-electron chi connectivity index (χ2n) is 4.17. The van der Waals surface area contributed by atoms with Crippen LogP contribution in [-0.4, -0.2) is 39.6 Å². The average Bonchev–Trinajstić information content (AvgIpc) is 2.90. The monoisotopic (exact) mass is 251 g/mol. The van der Waals surface area contributed by atoms with Crippen LogP contribution in [0.3, 0.4) is 0 Å². The molecule has 18 heavy (non-hydrogen) atoms. The fourth-order valence-electron chi connectivity index (χ4n) is 1.79. The lowest BCUT2D eigenvalue weighted by Crippen LogP contribution is -2.16. The van der Waals surface area contributed by atoms with Crippen molar-refractivity contribution in [1.82, 2.24) is 0 Å². The minimum atomic E-state index is 0.219. The molecule has 4 nitrogen and oxygen atoms in total. The molecule has 0 aromatic heterocycles. The van der Waals surface area contributed by atoms with Crippen molar-refractivity contribution in [3.63, 3.8) is 0 Å². The van der Waals surface area contributed by atoms with Gasteiger partial charge >= 0.3 is 0 Å². The van der Waals surface area contributed by atoms with Gasteiger partial charge in [0.05, 0.1) is 18.8 Å². The Morgan fingerprint density at radius 3 is 2.83 bits per heavy atom. The van der Waals surface area contributed by atoms with E-state index in [-0.39, 0.29) is 6.10 Å². The van der Waals surface area contributed by atoms with Gasteiger partial charge in [0.15, 0.2) is 0 Å². The standard InChI is InChI=1S/C14H19O4/c1-15-8-9-17-12-4-2-5-13(10-12)18-11-14-6-3-7-16-14/h2,4-5,14H,3,6-9,11H2,1H3. The highest BCUT2D eigenvalue weighted by Gasteiger charge is 2.16. The van der Waals surface area contributed by atoms with Crippen molar-refractivity contribution in [3.8, 4) is 11.5 Å². The van der Waals surface area contributed by atoms with E-state index in [9.17, 15) is 0 Å². The molecule has 1 aliphatic heterocycles. The van der Waals surface area contributed by atoms with E-state index in [1.54, 1.807) is 7.11 Å². The molecule has 0 bridgehead atoms. The zero-order valence-corrected chi connectivity index (χ0v) is 10.7. The highest BCUT2D eigenvalue weighted by atomic mass is 16.5. The average molecular weight is 251 g/mol. The largest absolute Gasteiger partial charge is 0.490 e. The van der Waals surface area contributed by atoms with Crippen molar-refractivity contribution in [1.29, 1.82) is 0 Å². The van der Waals surface area contributed by atoms with E-state index in [1.165, 1.54) is 0 Å². The van der Waals surface area contributed by atoms with E-state index in [4.69, 9.17) is 18.9 Å². The van der Waals surface area contributed by atoms with E-state index in [1.807, 2.05) is 18.2 Å². The van der Waals surface area contributed by atoms with E-state index < -0.39 is 0 Å². The smallest absolute Gasteiger partial charge is 0.131 e. The molecule has 1 heterocycles. The third-order valence-corrected chi connectivity index (χ3v) is 2.74. The lowest BCUT2D eigenvalue weighted by Gasteiger charge is -2.12. The Hall–Kier alpha value is -1.26. The number of hydrogen-bond acceptors (Lipinski definition) is 4. The summed E-state index contributed by atoms with van der Waals surface area (Å²) in [4.78, 5) is 0. The molecular weight excluding hydrogens is 232 g/mol. The Balaban J connectivity index is 1.78. The maximum atomic E-state index is 5.65. The van der Waals surface area contributed by atoms with E-state index >= 15 is 0 Å². The van der Waals surface area contributed by atoms with Gasteiger partial charge < -0.3 is 18.9 Å². The summed E-state index contributed by atoms with van der Waals surface area (Å²) < 4.78 is 21.5. The fourth-order valence-corrected chi connectivity index (χ4v) is 1.79. The molecule has 99 valence electrons. The van der Waals surface area contributed by atoms with Crippen LogP contribution in [0.5, 0.6) is 11.5 Å². The predicted molar refractivity (Wildman–Crippen MR) is 67.1 cm³/mol. The minimum Gasteiger partial charge on any atom is -0.490 e. The number of ether oxygens (including phenoxy) is 4. The molecule has 1 aromatic carbocycles. The first-order chi connectivity index (χ1) is 8.88. The van der Waals surface area contributed by atoms with Crippen molar-refractivity contribution in [2.75, 3.05) is 33.5 Å². The van der Waals surface area contributed by atoms with Gasteiger partial charge in [0.2, 0.25) is 0 Å². The van der Waals surface area contributed by atoms with Crippen LogP contribution in [0.15, 0.2) is 18.2 Å². The normalized spacial score (nSPS) is 18.8. The van der Waals surface area contributed by atoms with Crippen molar-refractivity contribution < 1.29 is 18.9 Å². The lowest BCUT2D eigenvalue weighted by atomic mass is 10.2. The Morgan fingerprint density at radius 2 is 2.11 bits per heavy atom. The Morgan fingerprint density at radius 1 is 1.28 bits per heavy atom.